The lowest BCUT2D eigenvalue weighted by Gasteiger charge is -2.39. The van der Waals surface area contributed by atoms with Crippen LogP contribution in [-0.2, 0) is 11.3 Å². The van der Waals surface area contributed by atoms with Gasteiger partial charge in [0, 0.05) is 43.5 Å². The van der Waals surface area contributed by atoms with E-state index in [1.165, 1.54) is 15.2 Å². The summed E-state index contributed by atoms with van der Waals surface area (Å²) in [6.07, 6.45) is 4.58. The number of hydrogen-bond donors (Lipinski definition) is 1. The summed E-state index contributed by atoms with van der Waals surface area (Å²) in [4.78, 5) is 45.4. The van der Waals surface area contributed by atoms with Crippen molar-refractivity contribution in [3.05, 3.63) is 110 Å². The number of phenolic OH excluding ortho intramolecular Hbond substituents is 1. The maximum absolute atomic E-state index is 13.9. The SMILES string of the molecule is C=CC(=O)N1CC(Cn2c(=O)c(=O)n(-c3c(C)cncc3C)c3cc(-c4cc(O)cc5ccccc45)c(Cl)cc32)C1. The molecule has 0 unspecified atom stereocenters. The number of aromatic nitrogens is 3. The number of rotatable bonds is 5. The van der Waals surface area contributed by atoms with Crippen LogP contribution in [0.25, 0.3) is 38.6 Å². The third-order valence-electron chi connectivity index (χ3n) is 7.76. The van der Waals surface area contributed by atoms with Gasteiger partial charge in [0.2, 0.25) is 5.91 Å². The van der Waals surface area contributed by atoms with Gasteiger partial charge in [-0.25, -0.2) is 0 Å². The number of pyridine rings is 1. The lowest BCUT2D eigenvalue weighted by Crippen LogP contribution is -2.52. The zero-order valence-corrected chi connectivity index (χ0v) is 23.4. The summed E-state index contributed by atoms with van der Waals surface area (Å²) in [7, 11) is 0. The Bertz CT molecular complexity index is 2000. The quantitative estimate of drug-likeness (QED) is 0.239. The lowest BCUT2D eigenvalue weighted by atomic mass is 9.96. The standard InChI is InChI=1S/C32H27ClN4O4/c1-4-29(39)35-15-20(16-35)17-36-27-12-26(33)25(24-10-22(38)9-21-7-5-6-8-23(21)24)11-28(27)37(32(41)31(36)40)30-18(2)13-34-14-19(30)3/h4-14,20,38H,1,15-17H2,2-3H3. The third-order valence-corrected chi connectivity index (χ3v) is 8.07. The smallest absolute Gasteiger partial charge is 0.321 e. The van der Waals surface area contributed by atoms with E-state index in [9.17, 15) is 19.5 Å². The number of nitrogens with zero attached hydrogens (tertiary/aromatic N) is 4. The number of phenols is 1. The molecule has 2 aromatic heterocycles. The minimum absolute atomic E-state index is 0.00656. The Balaban J connectivity index is 1.64. The van der Waals surface area contributed by atoms with E-state index in [0.29, 0.717) is 46.0 Å². The van der Waals surface area contributed by atoms with Crippen molar-refractivity contribution in [1.82, 2.24) is 19.0 Å². The molecule has 5 aromatic rings. The molecule has 41 heavy (non-hydrogen) atoms. The zero-order valence-electron chi connectivity index (χ0n) is 22.6. The van der Waals surface area contributed by atoms with Gasteiger partial charge >= 0.3 is 11.1 Å². The minimum atomic E-state index is -0.692. The molecule has 0 radical (unpaired) electrons. The highest BCUT2D eigenvalue weighted by molar-refractivity contribution is 6.34. The summed E-state index contributed by atoms with van der Waals surface area (Å²) in [6, 6.07) is 14.5. The van der Waals surface area contributed by atoms with Gasteiger partial charge in [-0.3, -0.25) is 23.9 Å². The summed E-state index contributed by atoms with van der Waals surface area (Å²) >= 11 is 6.93. The van der Waals surface area contributed by atoms with Crippen LogP contribution < -0.4 is 11.1 Å². The van der Waals surface area contributed by atoms with Gasteiger partial charge in [0.1, 0.15) is 5.75 Å². The molecule has 3 aromatic carbocycles. The summed E-state index contributed by atoms with van der Waals surface area (Å²) < 4.78 is 2.91. The molecule has 1 N–H and O–H groups in total. The van der Waals surface area contributed by atoms with Gasteiger partial charge < -0.3 is 14.6 Å². The fraction of sp³-hybridized carbons (Fsp3) is 0.188. The van der Waals surface area contributed by atoms with Gasteiger partial charge in [0.05, 0.1) is 21.7 Å². The number of hydrogen-bond acceptors (Lipinski definition) is 5. The van der Waals surface area contributed by atoms with Crippen LogP contribution >= 0.6 is 11.6 Å². The highest BCUT2D eigenvalue weighted by Gasteiger charge is 2.31. The maximum Gasteiger partial charge on any atom is 0.321 e. The molecule has 3 heterocycles. The van der Waals surface area contributed by atoms with Crippen LogP contribution in [0.15, 0.2) is 83.2 Å². The Labute approximate surface area is 240 Å². The van der Waals surface area contributed by atoms with Crippen LogP contribution in [-0.4, -0.2) is 43.1 Å². The van der Waals surface area contributed by atoms with E-state index in [2.05, 4.69) is 11.6 Å². The van der Waals surface area contributed by atoms with Gasteiger partial charge in [-0.1, -0.05) is 42.4 Å². The highest BCUT2D eigenvalue weighted by atomic mass is 35.5. The molecule has 0 spiro atoms. The molecule has 8 nitrogen and oxygen atoms in total. The van der Waals surface area contributed by atoms with Crippen molar-refractivity contribution in [3.63, 3.8) is 0 Å². The van der Waals surface area contributed by atoms with Crippen LogP contribution in [0.5, 0.6) is 5.75 Å². The zero-order chi connectivity index (χ0) is 29.0. The molecule has 0 bridgehead atoms. The number of halogens is 1. The van der Waals surface area contributed by atoms with Gasteiger partial charge in [-0.2, -0.15) is 0 Å². The number of fused-ring (bicyclic) bond motifs is 2. The number of carbonyl (C=O) groups excluding carboxylic acids is 1. The fourth-order valence-corrected chi connectivity index (χ4v) is 6.06. The monoisotopic (exact) mass is 566 g/mol. The first kappa shape index (κ1) is 26.5. The summed E-state index contributed by atoms with van der Waals surface area (Å²) in [5, 5.41) is 12.6. The topological polar surface area (TPSA) is 97.4 Å². The van der Waals surface area contributed by atoms with E-state index >= 15 is 0 Å². The average Bonchev–Trinajstić information content (AvgIpc) is 2.92. The second-order valence-electron chi connectivity index (χ2n) is 10.5. The lowest BCUT2D eigenvalue weighted by molar-refractivity contribution is -0.132. The second-order valence-corrected chi connectivity index (χ2v) is 10.9. The molecule has 6 rings (SSSR count). The molecule has 0 aliphatic carbocycles. The van der Waals surface area contributed by atoms with Crippen LogP contribution in [0.4, 0.5) is 0 Å². The number of aryl methyl sites for hydroxylation is 2. The Hall–Kier alpha value is -4.69. The van der Waals surface area contributed by atoms with Crippen LogP contribution in [0.1, 0.15) is 11.1 Å². The molecule has 1 amide bonds. The second kappa shape index (κ2) is 10.1. The van der Waals surface area contributed by atoms with E-state index in [0.717, 1.165) is 21.9 Å². The number of likely N-dealkylation sites (tertiary alicyclic amines) is 1. The number of amides is 1. The summed E-state index contributed by atoms with van der Waals surface area (Å²) in [5.41, 5.74) is 3.00. The first-order valence-corrected chi connectivity index (χ1v) is 13.6. The predicted molar refractivity (Wildman–Crippen MR) is 161 cm³/mol. The van der Waals surface area contributed by atoms with Gasteiger partial charge in [-0.05, 0) is 71.7 Å². The van der Waals surface area contributed by atoms with Crippen molar-refractivity contribution in [2.75, 3.05) is 13.1 Å². The van der Waals surface area contributed by atoms with Crippen LogP contribution in [0.2, 0.25) is 5.02 Å². The van der Waals surface area contributed by atoms with E-state index < -0.39 is 11.1 Å². The van der Waals surface area contributed by atoms with E-state index in [-0.39, 0.29) is 24.1 Å². The normalized spacial score (nSPS) is 13.5. The predicted octanol–water partition coefficient (Wildman–Crippen LogP) is 4.99. The molecule has 1 fully saturated rings. The number of carbonyl (C=O) groups is 1. The average molecular weight is 567 g/mol. The molecular weight excluding hydrogens is 540 g/mol. The molecule has 1 saturated heterocycles. The molecule has 206 valence electrons. The Morgan fingerprint density at radius 1 is 1.02 bits per heavy atom. The maximum atomic E-state index is 13.9. The Morgan fingerprint density at radius 3 is 2.44 bits per heavy atom. The Kier molecular flexibility index (Phi) is 6.50. The van der Waals surface area contributed by atoms with Crippen molar-refractivity contribution in [1.29, 1.82) is 0 Å². The molecule has 9 heteroatoms. The molecule has 0 atom stereocenters. The first-order chi connectivity index (χ1) is 19.7. The summed E-state index contributed by atoms with van der Waals surface area (Å²) in [6.45, 7) is 8.41. The van der Waals surface area contributed by atoms with Crippen LogP contribution in [0, 0.1) is 19.8 Å². The van der Waals surface area contributed by atoms with Crippen molar-refractivity contribution < 1.29 is 9.90 Å². The van der Waals surface area contributed by atoms with E-state index in [1.807, 2.05) is 44.2 Å². The van der Waals surface area contributed by atoms with E-state index in [4.69, 9.17) is 11.6 Å². The first-order valence-electron chi connectivity index (χ1n) is 13.2. The summed E-state index contributed by atoms with van der Waals surface area (Å²) in [5.74, 6) is -0.0851. The van der Waals surface area contributed by atoms with Gasteiger partial charge in [0.25, 0.3) is 0 Å². The Morgan fingerprint density at radius 2 is 1.73 bits per heavy atom. The number of benzene rings is 3. The van der Waals surface area contributed by atoms with Crippen LogP contribution in [0.3, 0.4) is 0 Å². The van der Waals surface area contributed by atoms with Crippen molar-refractivity contribution in [3.8, 4) is 22.6 Å². The molecule has 1 aliphatic heterocycles. The minimum Gasteiger partial charge on any atom is -0.508 e. The van der Waals surface area contributed by atoms with Crippen molar-refractivity contribution in [2.45, 2.75) is 20.4 Å². The largest absolute Gasteiger partial charge is 0.508 e. The van der Waals surface area contributed by atoms with Gasteiger partial charge in [-0.15, -0.1) is 0 Å². The third kappa shape index (κ3) is 4.40. The molecular formula is C32H27ClN4O4. The fourth-order valence-electron chi connectivity index (χ4n) is 5.80. The van der Waals surface area contributed by atoms with Crippen molar-refractivity contribution in [2.24, 2.45) is 5.92 Å². The van der Waals surface area contributed by atoms with Crippen molar-refractivity contribution >= 4 is 39.3 Å². The van der Waals surface area contributed by atoms with Gasteiger partial charge in [0.15, 0.2) is 0 Å². The molecule has 0 saturated carbocycles. The highest BCUT2D eigenvalue weighted by Crippen LogP contribution is 2.39. The molecule has 1 aliphatic rings. The van der Waals surface area contributed by atoms with E-state index in [1.54, 1.807) is 35.5 Å². The number of aromatic hydroxyl groups is 1.